The predicted octanol–water partition coefficient (Wildman–Crippen LogP) is 1.02. The quantitative estimate of drug-likeness (QED) is 0.775. The summed E-state index contributed by atoms with van der Waals surface area (Å²) < 4.78 is 0. The van der Waals surface area contributed by atoms with E-state index in [-0.39, 0.29) is 18.0 Å². The summed E-state index contributed by atoms with van der Waals surface area (Å²) in [6.45, 7) is 1.75. The van der Waals surface area contributed by atoms with Crippen LogP contribution in [0, 0.1) is 0 Å². The molecule has 1 saturated heterocycles. The summed E-state index contributed by atoms with van der Waals surface area (Å²) in [5, 5.41) is 8.62. The van der Waals surface area contributed by atoms with Crippen LogP contribution in [-0.2, 0) is 4.79 Å². The van der Waals surface area contributed by atoms with Gasteiger partial charge >= 0.3 is 6.03 Å². The molecule has 3 amide bonds. The highest BCUT2D eigenvalue weighted by Crippen LogP contribution is 2.11. The SMILES string of the molecule is CNCC(=O)N1CCC(NC(=O)Nc2ccccc2)CC1. The minimum Gasteiger partial charge on any atom is -0.341 e. The van der Waals surface area contributed by atoms with Gasteiger partial charge in [-0.25, -0.2) is 4.79 Å². The highest BCUT2D eigenvalue weighted by Gasteiger charge is 2.23. The van der Waals surface area contributed by atoms with Crippen molar-refractivity contribution in [3.05, 3.63) is 30.3 Å². The molecule has 3 N–H and O–H groups in total. The van der Waals surface area contributed by atoms with E-state index < -0.39 is 0 Å². The molecule has 0 aromatic heterocycles. The fourth-order valence-corrected chi connectivity index (χ4v) is 2.41. The van der Waals surface area contributed by atoms with Gasteiger partial charge in [-0.05, 0) is 32.0 Å². The Morgan fingerprint density at radius 3 is 2.48 bits per heavy atom. The van der Waals surface area contributed by atoms with Gasteiger partial charge in [-0.2, -0.15) is 0 Å². The van der Waals surface area contributed by atoms with E-state index in [1.54, 1.807) is 7.05 Å². The number of anilines is 1. The summed E-state index contributed by atoms with van der Waals surface area (Å²) in [6.07, 6.45) is 1.58. The van der Waals surface area contributed by atoms with E-state index in [1.807, 2.05) is 35.2 Å². The maximum absolute atomic E-state index is 11.9. The zero-order chi connectivity index (χ0) is 15.1. The molecular formula is C15H22N4O2. The molecule has 21 heavy (non-hydrogen) atoms. The second-order valence-corrected chi connectivity index (χ2v) is 5.15. The number of likely N-dealkylation sites (N-methyl/N-ethyl adjacent to an activating group) is 1. The highest BCUT2D eigenvalue weighted by molar-refractivity contribution is 5.89. The van der Waals surface area contributed by atoms with E-state index in [0.29, 0.717) is 19.6 Å². The number of likely N-dealkylation sites (tertiary alicyclic amines) is 1. The van der Waals surface area contributed by atoms with Gasteiger partial charge in [0.2, 0.25) is 5.91 Å². The minimum absolute atomic E-state index is 0.115. The number of nitrogens with one attached hydrogen (secondary N) is 3. The molecule has 0 radical (unpaired) electrons. The Morgan fingerprint density at radius 1 is 1.19 bits per heavy atom. The molecule has 1 heterocycles. The van der Waals surface area contributed by atoms with Crippen LogP contribution >= 0.6 is 0 Å². The Bertz CT molecular complexity index is 470. The number of hydrogen-bond donors (Lipinski definition) is 3. The molecule has 0 spiro atoms. The van der Waals surface area contributed by atoms with Crippen LogP contribution in [0.1, 0.15) is 12.8 Å². The molecule has 114 valence electrons. The third kappa shape index (κ3) is 4.75. The van der Waals surface area contributed by atoms with Crippen LogP contribution in [0.25, 0.3) is 0 Å². The third-order valence-electron chi connectivity index (χ3n) is 3.54. The Hall–Kier alpha value is -2.08. The maximum atomic E-state index is 11.9. The number of para-hydroxylation sites is 1. The van der Waals surface area contributed by atoms with Crippen molar-refractivity contribution in [1.29, 1.82) is 0 Å². The molecule has 0 atom stereocenters. The van der Waals surface area contributed by atoms with Gasteiger partial charge in [0.15, 0.2) is 0 Å². The molecule has 1 aromatic rings. The molecule has 6 nitrogen and oxygen atoms in total. The van der Waals surface area contributed by atoms with E-state index in [0.717, 1.165) is 18.5 Å². The molecule has 2 rings (SSSR count). The van der Waals surface area contributed by atoms with E-state index in [4.69, 9.17) is 0 Å². The van der Waals surface area contributed by atoms with Crippen molar-refractivity contribution < 1.29 is 9.59 Å². The maximum Gasteiger partial charge on any atom is 0.319 e. The zero-order valence-electron chi connectivity index (χ0n) is 12.3. The van der Waals surface area contributed by atoms with E-state index in [2.05, 4.69) is 16.0 Å². The Kier molecular flexibility index (Phi) is 5.57. The van der Waals surface area contributed by atoms with E-state index in [9.17, 15) is 9.59 Å². The number of amides is 3. The summed E-state index contributed by atoms with van der Waals surface area (Å²) in [4.78, 5) is 25.5. The topological polar surface area (TPSA) is 73.5 Å². The van der Waals surface area contributed by atoms with Crippen molar-refractivity contribution in [3.8, 4) is 0 Å². The van der Waals surface area contributed by atoms with E-state index in [1.165, 1.54) is 0 Å². The fraction of sp³-hybridized carbons (Fsp3) is 0.467. The van der Waals surface area contributed by atoms with Crippen molar-refractivity contribution in [2.45, 2.75) is 18.9 Å². The number of carbonyl (C=O) groups is 2. The summed E-state index contributed by atoms with van der Waals surface area (Å²) >= 11 is 0. The van der Waals surface area contributed by atoms with Crippen molar-refractivity contribution in [2.75, 3.05) is 32.0 Å². The van der Waals surface area contributed by atoms with Crippen LogP contribution in [0.4, 0.5) is 10.5 Å². The number of nitrogens with zero attached hydrogens (tertiary/aromatic N) is 1. The average Bonchev–Trinajstić information content (AvgIpc) is 2.49. The largest absolute Gasteiger partial charge is 0.341 e. The van der Waals surface area contributed by atoms with Gasteiger partial charge in [-0.15, -0.1) is 0 Å². The van der Waals surface area contributed by atoms with Crippen LogP contribution in [0.5, 0.6) is 0 Å². The summed E-state index contributed by atoms with van der Waals surface area (Å²) in [5.41, 5.74) is 0.775. The first-order valence-electron chi connectivity index (χ1n) is 7.24. The van der Waals surface area contributed by atoms with Crippen molar-refractivity contribution in [3.63, 3.8) is 0 Å². The molecule has 1 aromatic carbocycles. The van der Waals surface area contributed by atoms with Crippen LogP contribution in [-0.4, -0.2) is 49.6 Å². The average molecular weight is 290 g/mol. The number of urea groups is 1. The van der Waals surface area contributed by atoms with Gasteiger partial charge in [0.05, 0.1) is 6.54 Å². The van der Waals surface area contributed by atoms with Gasteiger partial charge in [-0.3, -0.25) is 4.79 Å². The van der Waals surface area contributed by atoms with Crippen LogP contribution in [0.3, 0.4) is 0 Å². The van der Waals surface area contributed by atoms with E-state index >= 15 is 0 Å². The Labute approximate surface area is 124 Å². The molecule has 0 unspecified atom stereocenters. The fourth-order valence-electron chi connectivity index (χ4n) is 2.41. The highest BCUT2D eigenvalue weighted by atomic mass is 16.2. The normalized spacial score (nSPS) is 15.6. The molecule has 1 fully saturated rings. The lowest BCUT2D eigenvalue weighted by molar-refractivity contribution is -0.131. The molecule has 6 heteroatoms. The molecule has 1 aliphatic rings. The first-order chi connectivity index (χ1) is 10.2. The molecule has 1 aliphatic heterocycles. The second-order valence-electron chi connectivity index (χ2n) is 5.15. The Morgan fingerprint density at radius 2 is 1.86 bits per heavy atom. The second kappa shape index (κ2) is 7.64. The lowest BCUT2D eigenvalue weighted by Gasteiger charge is -2.32. The van der Waals surface area contributed by atoms with Crippen LogP contribution in [0.15, 0.2) is 30.3 Å². The smallest absolute Gasteiger partial charge is 0.319 e. The number of rotatable bonds is 4. The number of carbonyl (C=O) groups excluding carboxylic acids is 2. The van der Waals surface area contributed by atoms with Gasteiger partial charge < -0.3 is 20.9 Å². The van der Waals surface area contributed by atoms with Gasteiger partial charge in [0.1, 0.15) is 0 Å². The lowest BCUT2D eigenvalue weighted by Crippen LogP contribution is -2.49. The standard InChI is InChI=1S/C15H22N4O2/c1-16-11-14(20)19-9-7-13(8-10-19)18-15(21)17-12-5-3-2-4-6-12/h2-6,13,16H,7-11H2,1H3,(H2,17,18,21). The number of benzene rings is 1. The van der Waals surface area contributed by atoms with Crippen LogP contribution < -0.4 is 16.0 Å². The number of piperidine rings is 1. The minimum atomic E-state index is -0.193. The summed E-state index contributed by atoms with van der Waals surface area (Å²) in [5.74, 6) is 0.115. The first-order valence-corrected chi connectivity index (χ1v) is 7.24. The van der Waals surface area contributed by atoms with Crippen LogP contribution in [0.2, 0.25) is 0 Å². The molecule has 0 bridgehead atoms. The Balaban J connectivity index is 1.73. The summed E-state index contributed by atoms with van der Waals surface area (Å²) in [6, 6.07) is 9.27. The monoisotopic (exact) mass is 290 g/mol. The van der Waals surface area contributed by atoms with Crippen molar-refractivity contribution in [1.82, 2.24) is 15.5 Å². The molecule has 0 saturated carbocycles. The first kappa shape index (κ1) is 15.3. The molecule has 0 aliphatic carbocycles. The zero-order valence-corrected chi connectivity index (χ0v) is 12.3. The number of hydrogen-bond acceptors (Lipinski definition) is 3. The van der Waals surface area contributed by atoms with Gasteiger partial charge in [0.25, 0.3) is 0 Å². The lowest BCUT2D eigenvalue weighted by atomic mass is 10.1. The van der Waals surface area contributed by atoms with Gasteiger partial charge in [-0.1, -0.05) is 18.2 Å². The third-order valence-corrected chi connectivity index (χ3v) is 3.54. The molecular weight excluding hydrogens is 268 g/mol. The summed E-state index contributed by atoms with van der Waals surface area (Å²) in [7, 11) is 1.76. The predicted molar refractivity (Wildman–Crippen MR) is 82.1 cm³/mol. The van der Waals surface area contributed by atoms with Crippen molar-refractivity contribution in [2.24, 2.45) is 0 Å². The van der Waals surface area contributed by atoms with Crippen molar-refractivity contribution >= 4 is 17.6 Å². The van der Waals surface area contributed by atoms with Gasteiger partial charge in [0, 0.05) is 24.8 Å².